The smallest absolute Gasteiger partial charge is 0.406 e. The summed E-state index contributed by atoms with van der Waals surface area (Å²) in [7, 11) is 0. The minimum absolute atomic E-state index is 0.0658. The van der Waals surface area contributed by atoms with Gasteiger partial charge in [0.1, 0.15) is 18.1 Å². The number of hydrogen-bond donors (Lipinski definition) is 0. The number of pyridine rings is 1. The van der Waals surface area contributed by atoms with E-state index in [-0.39, 0.29) is 5.82 Å². The lowest BCUT2D eigenvalue weighted by molar-refractivity contribution is -0.130. The van der Waals surface area contributed by atoms with Crippen LogP contribution in [0.4, 0.5) is 19.0 Å². The van der Waals surface area contributed by atoms with Gasteiger partial charge >= 0.3 is 6.18 Å². The minimum atomic E-state index is -4.52. The summed E-state index contributed by atoms with van der Waals surface area (Å²) < 4.78 is 42.8. The van der Waals surface area contributed by atoms with Gasteiger partial charge in [0.25, 0.3) is 5.91 Å². The van der Waals surface area contributed by atoms with Crippen molar-refractivity contribution < 1.29 is 22.4 Å². The number of anilines is 1. The Morgan fingerprint density at radius 3 is 2.67 bits per heavy atom. The summed E-state index contributed by atoms with van der Waals surface area (Å²) in [5, 5.41) is 0. The summed E-state index contributed by atoms with van der Waals surface area (Å²) in [4.78, 5) is 16.3. The van der Waals surface area contributed by atoms with E-state index >= 15 is 0 Å². The van der Waals surface area contributed by atoms with Crippen LogP contribution in [0.5, 0.6) is 0 Å². The molecule has 0 N–H and O–H groups in total. The maximum Gasteiger partial charge on any atom is 0.406 e. The molecule has 2 rings (SSSR count). The van der Waals surface area contributed by atoms with Crippen LogP contribution in [0.25, 0.3) is 6.08 Å². The van der Waals surface area contributed by atoms with Crippen molar-refractivity contribution in [2.45, 2.75) is 6.18 Å². The number of amides is 1. The van der Waals surface area contributed by atoms with Gasteiger partial charge in [-0.2, -0.15) is 13.2 Å². The van der Waals surface area contributed by atoms with Crippen LogP contribution in [0.3, 0.4) is 0 Å². The van der Waals surface area contributed by atoms with Crippen LogP contribution in [-0.2, 0) is 4.79 Å². The molecule has 110 valence electrons. The van der Waals surface area contributed by atoms with Crippen molar-refractivity contribution >= 4 is 17.8 Å². The van der Waals surface area contributed by atoms with Gasteiger partial charge in [0, 0.05) is 12.3 Å². The molecule has 0 unspecified atom stereocenters. The van der Waals surface area contributed by atoms with E-state index in [1.165, 1.54) is 30.7 Å². The molecule has 1 amide bonds. The van der Waals surface area contributed by atoms with E-state index in [2.05, 4.69) is 4.98 Å². The first kappa shape index (κ1) is 14.8. The lowest BCUT2D eigenvalue weighted by atomic mass is 10.3. The molecule has 0 bridgehead atoms. The fraction of sp³-hybridized carbons (Fsp3) is 0.143. The van der Waals surface area contributed by atoms with Crippen LogP contribution in [0.2, 0.25) is 0 Å². The molecule has 4 nitrogen and oxygen atoms in total. The van der Waals surface area contributed by atoms with Crippen molar-refractivity contribution in [1.82, 2.24) is 4.98 Å². The average molecular weight is 296 g/mol. The zero-order valence-electron chi connectivity index (χ0n) is 10.7. The third-order valence-electron chi connectivity index (χ3n) is 2.46. The predicted octanol–water partition coefficient (Wildman–Crippen LogP) is 3.28. The highest BCUT2D eigenvalue weighted by molar-refractivity contribution is 6.03. The molecule has 0 atom stereocenters. The second-order valence-electron chi connectivity index (χ2n) is 4.08. The molecule has 0 aliphatic rings. The van der Waals surface area contributed by atoms with E-state index < -0.39 is 18.6 Å². The number of carbonyl (C=O) groups excluding carboxylic acids is 1. The minimum Gasteiger partial charge on any atom is -0.465 e. The largest absolute Gasteiger partial charge is 0.465 e. The summed E-state index contributed by atoms with van der Waals surface area (Å²) in [6.45, 7) is -1.41. The fourth-order valence-corrected chi connectivity index (χ4v) is 1.59. The lowest BCUT2D eigenvalue weighted by Crippen LogP contribution is -2.38. The number of rotatable bonds is 4. The summed E-state index contributed by atoms with van der Waals surface area (Å²) in [5.74, 6) is -0.525. The Labute approximate surface area is 118 Å². The molecule has 0 aliphatic carbocycles. The predicted molar refractivity (Wildman–Crippen MR) is 70.4 cm³/mol. The molecule has 21 heavy (non-hydrogen) atoms. The van der Waals surface area contributed by atoms with E-state index in [0.29, 0.717) is 10.7 Å². The Morgan fingerprint density at radius 2 is 2.10 bits per heavy atom. The second-order valence-corrected chi connectivity index (χ2v) is 4.08. The van der Waals surface area contributed by atoms with E-state index in [4.69, 9.17) is 4.42 Å². The van der Waals surface area contributed by atoms with Crippen LogP contribution < -0.4 is 4.90 Å². The summed E-state index contributed by atoms with van der Waals surface area (Å²) in [5.41, 5.74) is 0. The van der Waals surface area contributed by atoms with Gasteiger partial charge in [0.2, 0.25) is 0 Å². The SMILES string of the molecule is O=C(/C=C\c1ccco1)N(CC(F)(F)F)c1ccccn1. The zero-order chi connectivity index (χ0) is 15.3. The highest BCUT2D eigenvalue weighted by atomic mass is 19.4. The summed E-state index contributed by atoms with van der Waals surface area (Å²) in [6, 6.07) is 7.59. The van der Waals surface area contributed by atoms with Crippen LogP contribution >= 0.6 is 0 Å². The molecule has 2 aromatic rings. The third kappa shape index (κ3) is 4.48. The van der Waals surface area contributed by atoms with E-state index in [0.717, 1.165) is 6.08 Å². The molecule has 0 saturated carbocycles. The zero-order valence-corrected chi connectivity index (χ0v) is 10.7. The first-order valence-corrected chi connectivity index (χ1v) is 5.96. The Bertz CT molecular complexity index is 607. The molecule has 0 saturated heterocycles. The lowest BCUT2D eigenvalue weighted by Gasteiger charge is -2.21. The van der Waals surface area contributed by atoms with Crippen LogP contribution in [-0.4, -0.2) is 23.6 Å². The van der Waals surface area contributed by atoms with Crippen LogP contribution in [0.1, 0.15) is 5.76 Å². The molecule has 7 heteroatoms. The van der Waals surface area contributed by atoms with Crippen molar-refractivity contribution in [2.24, 2.45) is 0 Å². The van der Waals surface area contributed by atoms with Gasteiger partial charge in [-0.05, 0) is 30.3 Å². The second kappa shape index (κ2) is 6.25. The molecule has 0 spiro atoms. The molecule has 2 aromatic heterocycles. The topological polar surface area (TPSA) is 46.3 Å². The van der Waals surface area contributed by atoms with Gasteiger partial charge in [-0.15, -0.1) is 0 Å². The van der Waals surface area contributed by atoms with E-state index in [1.54, 1.807) is 18.2 Å². The highest BCUT2D eigenvalue weighted by Crippen LogP contribution is 2.21. The molecule has 0 aliphatic heterocycles. The molecule has 2 heterocycles. The number of furan rings is 1. The van der Waals surface area contributed by atoms with Gasteiger partial charge in [0.05, 0.1) is 6.26 Å². The Morgan fingerprint density at radius 1 is 1.29 bits per heavy atom. The molecular weight excluding hydrogens is 285 g/mol. The maximum atomic E-state index is 12.6. The maximum absolute atomic E-state index is 12.6. The quantitative estimate of drug-likeness (QED) is 0.813. The van der Waals surface area contributed by atoms with Gasteiger partial charge in [0.15, 0.2) is 0 Å². The van der Waals surface area contributed by atoms with E-state index in [9.17, 15) is 18.0 Å². The van der Waals surface area contributed by atoms with Crippen molar-refractivity contribution in [3.05, 3.63) is 54.6 Å². The van der Waals surface area contributed by atoms with Crippen molar-refractivity contribution in [3.63, 3.8) is 0 Å². The molecule has 0 radical (unpaired) electrons. The number of alkyl halides is 3. The number of carbonyl (C=O) groups is 1. The van der Waals surface area contributed by atoms with Gasteiger partial charge < -0.3 is 4.42 Å². The van der Waals surface area contributed by atoms with Gasteiger partial charge in [-0.3, -0.25) is 9.69 Å². The van der Waals surface area contributed by atoms with Crippen molar-refractivity contribution in [2.75, 3.05) is 11.4 Å². The standard InChI is InChI=1S/C14H11F3N2O2/c15-14(16,17)10-19(12-5-1-2-8-18-12)13(20)7-6-11-4-3-9-21-11/h1-9H,10H2/b7-6-. The fourth-order valence-electron chi connectivity index (χ4n) is 1.59. The first-order valence-electron chi connectivity index (χ1n) is 5.96. The number of nitrogens with zero attached hydrogens (tertiary/aromatic N) is 2. The summed E-state index contributed by atoms with van der Waals surface area (Å²) >= 11 is 0. The third-order valence-corrected chi connectivity index (χ3v) is 2.46. The Kier molecular flexibility index (Phi) is 4.42. The van der Waals surface area contributed by atoms with Crippen LogP contribution in [0.15, 0.2) is 53.3 Å². The first-order chi connectivity index (χ1) is 9.96. The Hall–Kier alpha value is -2.57. The average Bonchev–Trinajstić information content (AvgIpc) is 2.95. The summed E-state index contributed by atoms with van der Waals surface area (Å²) in [6.07, 6.45) is 0.512. The monoisotopic (exact) mass is 296 g/mol. The Balaban J connectivity index is 2.21. The number of aromatic nitrogens is 1. The van der Waals surface area contributed by atoms with Gasteiger partial charge in [-0.1, -0.05) is 6.07 Å². The normalized spacial score (nSPS) is 11.8. The number of halogens is 3. The van der Waals surface area contributed by atoms with Crippen LogP contribution in [0, 0.1) is 0 Å². The van der Waals surface area contributed by atoms with Crippen molar-refractivity contribution in [3.8, 4) is 0 Å². The molecule has 0 fully saturated rings. The highest BCUT2D eigenvalue weighted by Gasteiger charge is 2.33. The van der Waals surface area contributed by atoms with Gasteiger partial charge in [-0.25, -0.2) is 4.98 Å². The molecule has 0 aromatic carbocycles. The number of hydrogen-bond acceptors (Lipinski definition) is 3. The molecular formula is C14H11F3N2O2. The van der Waals surface area contributed by atoms with Crippen molar-refractivity contribution in [1.29, 1.82) is 0 Å². The van der Waals surface area contributed by atoms with E-state index in [1.807, 2.05) is 0 Å².